The summed E-state index contributed by atoms with van der Waals surface area (Å²) in [6.45, 7) is 3.55. The molecule has 0 aliphatic heterocycles. The van der Waals surface area contributed by atoms with Crippen molar-refractivity contribution < 1.29 is 42.5 Å². The standard InChI is InChI=1S/C14H14BrNO4.C14H15NO5.CH4/c1-3-19-14(17)12-11(8-15)20-13(16-12)9-4-6-10(18-2)7-5-9;1-3-19-14(17)12-11(8-16)20-13(15-12)9-4-6-10(18-2)7-5-9;/h4-7H,3,8H2,1-2H3;4-7,16H,3,8H2,1-2H3;1H4. The quantitative estimate of drug-likeness (QED) is 0.160. The number of benzene rings is 2. The van der Waals surface area contributed by atoms with E-state index in [0.29, 0.717) is 34.9 Å². The van der Waals surface area contributed by atoms with Gasteiger partial charge in [0, 0.05) is 11.1 Å². The van der Waals surface area contributed by atoms with E-state index in [1.165, 1.54) is 0 Å². The number of carbonyl (C=O) groups is 2. The summed E-state index contributed by atoms with van der Waals surface area (Å²) in [5.74, 6) is 1.53. The van der Waals surface area contributed by atoms with Crippen molar-refractivity contribution in [1.29, 1.82) is 0 Å². The predicted molar refractivity (Wildman–Crippen MR) is 154 cm³/mol. The number of methoxy groups -OCH3 is 2. The molecule has 1 N–H and O–H groups in total. The summed E-state index contributed by atoms with van der Waals surface area (Å²) < 4.78 is 30.9. The fourth-order valence-electron chi connectivity index (χ4n) is 3.33. The summed E-state index contributed by atoms with van der Waals surface area (Å²) in [5.41, 5.74) is 1.65. The number of aliphatic hydroxyl groups is 1. The zero-order chi connectivity index (χ0) is 29.1. The molecule has 0 unspecified atom stereocenters. The van der Waals surface area contributed by atoms with Gasteiger partial charge in [-0.25, -0.2) is 19.6 Å². The molecule has 4 aromatic rings. The average molecular weight is 633 g/mol. The molecular formula is C29H33BrN2O9. The van der Waals surface area contributed by atoms with Gasteiger partial charge in [0.2, 0.25) is 11.8 Å². The highest BCUT2D eigenvalue weighted by molar-refractivity contribution is 9.08. The lowest BCUT2D eigenvalue weighted by Crippen LogP contribution is -2.07. The number of rotatable bonds is 10. The highest BCUT2D eigenvalue weighted by Crippen LogP contribution is 2.26. The van der Waals surface area contributed by atoms with Crippen LogP contribution >= 0.6 is 15.9 Å². The Balaban J connectivity index is 0.000000280. The Kier molecular flexibility index (Phi) is 13.0. The van der Waals surface area contributed by atoms with Crippen molar-refractivity contribution in [2.75, 3.05) is 27.4 Å². The molecule has 0 spiro atoms. The van der Waals surface area contributed by atoms with Gasteiger partial charge in [0.1, 0.15) is 23.9 Å². The Bertz CT molecular complexity index is 1290. The lowest BCUT2D eigenvalue weighted by atomic mass is 10.2. The molecule has 11 nitrogen and oxygen atoms in total. The molecule has 0 fully saturated rings. The van der Waals surface area contributed by atoms with E-state index < -0.39 is 18.5 Å². The number of alkyl halides is 1. The third-order valence-electron chi connectivity index (χ3n) is 5.27. The molecule has 0 atom stereocenters. The van der Waals surface area contributed by atoms with Crippen molar-refractivity contribution in [1.82, 2.24) is 9.97 Å². The van der Waals surface area contributed by atoms with Crippen LogP contribution < -0.4 is 9.47 Å². The van der Waals surface area contributed by atoms with Crippen LogP contribution in [0, 0.1) is 0 Å². The second kappa shape index (κ2) is 16.2. The van der Waals surface area contributed by atoms with Gasteiger partial charge in [0.05, 0.1) is 32.8 Å². The van der Waals surface area contributed by atoms with Gasteiger partial charge in [-0.2, -0.15) is 0 Å². The van der Waals surface area contributed by atoms with Crippen LogP contribution in [0.2, 0.25) is 0 Å². The van der Waals surface area contributed by atoms with E-state index in [4.69, 9.17) is 27.8 Å². The number of hydrogen-bond donors (Lipinski definition) is 1. The molecule has 41 heavy (non-hydrogen) atoms. The normalized spacial score (nSPS) is 10.1. The topological polar surface area (TPSA) is 143 Å². The number of aromatic nitrogens is 2. The summed E-state index contributed by atoms with van der Waals surface area (Å²) in [6, 6.07) is 14.2. The number of esters is 2. The van der Waals surface area contributed by atoms with Crippen molar-refractivity contribution >= 4 is 27.9 Å². The molecule has 4 rings (SSSR count). The molecule has 0 amide bonds. The molecule has 220 valence electrons. The second-order valence-corrected chi connectivity index (χ2v) is 8.33. The van der Waals surface area contributed by atoms with E-state index in [1.807, 2.05) is 12.1 Å². The minimum atomic E-state index is -0.611. The maximum absolute atomic E-state index is 11.8. The van der Waals surface area contributed by atoms with Gasteiger partial charge < -0.3 is 32.9 Å². The van der Waals surface area contributed by atoms with Crippen molar-refractivity contribution in [3.63, 3.8) is 0 Å². The van der Waals surface area contributed by atoms with Crippen LogP contribution in [0.1, 0.15) is 53.8 Å². The van der Waals surface area contributed by atoms with Gasteiger partial charge in [0.25, 0.3) is 0 Å². The largest absolute Gasteiger partial charge is 0.497 e. The number of hydrogen-bond acceptors (Lipinski definition) is 11. The summed E-state index contributed by atoms with van der Waals surface area (Å²) in [4.78, 5) is 31.8. The van der Waals surface area contributed by atoms with E-state index in [-0.39, 0.29) is 37.1 Å². The lowest BCUT2D eigenvalue weighted by molar-refractivity contribution is 0.0506. The van der Waals surface area contributed by atoms with Crippen LogP contribution in [0.3, 0.4) is 0 Å². The predicted octanol–water partition coefficient (Wildman–Crippen LogP) is 6.08. The molecule has 2 aromatic heterocycles. The first kappa shape index (κ1) is 33.0. The molecule has 12 heteroatoms. The van der Waals surface area contributed by atoms with Crippen molar-refractivity contribution in [2.24, 2.45) is 0 Å². The average Bonchev–Trinajstić information content (AvgIpc) is 3.63. The number of aliphatic hydroxyl groups excluding tert-OH is 1. The third kappa shape index (κ3) is 8.41. The maximum atomic E-state index is 11.8. The van der Waals surface area contributed by atoms with Crippen LogP contribution in [0.5, 0.6) is 11.5 Å². The zero-order valence-electron chi connectivity index (χ0n) is 22.4. The Morgan fingerprint density at radius 1 is 0.756 bits per heavy atom. The maximum Gasteiger partial charge on any atom is 0.360 e. The van der Waals surface area contributed by atoms with Crippen molar-refractivity contribution in [3.05, 3.63) is 71.4 Å². The minimum Gasteiger partial charge on any atom is -0.497 e. The number of oxazole rings is 2. The van der Waals surface area contributed by atoms with E-state index in [0.717, 1.165) is 11.3 Å². The first-order valence-corrected chi connectivity index (χ1v) is 13.3. The summed E-state index contributed by atoms with van der Waals surface area (Å²) in [7, 11) is 3.17. The third-order valence-corrected chi connectivity index (χ3v) is 5.78. The smallest absolute Gasteiger partial charge is 0.360 e. The molecule has 2 heterocycles. The van der Waals surface area contributed by atoms with Gasteiger partial charge in [-0.05, 0) is 62.4 Å². The fraction of sp³-hybridized carbons (Fsp3) is 0.310. The summed E-state index contributed by atoms with van der Waals surface area (Å²) in [6.07, 6.45) is 0. The first-order chi connectivity index (χ1) is 19.4. The van der Waals surface area contributed by atoms with E-state index in [9.17, 15) is 14.7 Å². The molecular weight excluding hydrogens is 600 g/mol. The van der Waals surface area contributed by atoms with Gasteiger partial charge in [-0.15, -0.1) is 0 Å². The van der Waals surface area contributed by atoms with E-state index >= 15 is 0 Å². The Labute approximate surface area is 246 Å². The Morgan fingerprint density at radius 3 is 1.49 bits per heavy atom. The lowest BCUT2D eigenvalue weighted by Gasteiger charge is -1.99. The van der Waals surface area contributed by atoms with Crippen LogP contribution in [0.25, 0.3) is 22.9 Å². The number of carbonyl (C=O) groups excluding carboxylic acids is 2. The van der Waals surface area contributed by atoms with Crippen LogP contribution in [-0.4, -0.2) is 54.4 Å². The van der Waals surface area contributed by atoms with Crippen LogP contribution in [0.4, 0.5) is 0 Å². The van der Waals surface area contributed by atoms with Gasteiger partial charge in [-0.1, -0.05) is 23.4 Å². The molecule has 2 aromatic carbocycles. The molecule has 0 aliphatic carbocycles. The van der Waals surface area contributed by atoms with E-state index in [1.54, 1.807) is 64.5 Å². The van der Waals surface area contributed by atoms with E-state index in [2.05, 4.69) is 25.9 Å². The monoisotopic (exact) mass is 632 g/mol. The Hall–Kier alpha value is -4.16. The second-order valence-electron chi connectivity index (χ2n) is 7.77. The number of halogens is 1. The molecule has 0 saturated heterocycles. The highest BCUT2D eigenvalue weighted by Gasteiger charge is 2.22. The van der Waals surface area contributed by atoms with Crippen LogP contribution in [-0.2, 0) is 21.4 Å². The molecule has 0 saturated carbocycles. The highest BCUT2D eigenvalue weighted by atomic mass is 79.9. The first-order valence-electron chi connectivity index (χ1n) is 12.2. The fourth-order valence-corrected chi connectivity index (χ4v) is 3.71. The van der Waals surface area contributed by atoms with Crippen LogP contribution in [0.15, 0.2) is 57.4 Å². The molecule has 0 radical (unpaired) electrons. The SMILES string of the molecule is C.CCOC(=O)c1nc(-c2ccc(OC)cc2)oc1CBr.CCOC(=O)c1nc(-c2ccc(OC)cc2)oc1CO. The minimum absolute atomic E-state index is 0. The zero-order valence-corrected chi connectivity index (χ0v) is 24.0. The Morgan fingerprint density at radius 2 is 1.15 bits per heavy atom. The number of ether oxygens (including phenoxy) is 4. The van der Waals surface area contributed by atoms with Gasteiger partial charge in [0.15, 0.2) is 17.1 Å². The van der Waals surface area contributed by atoms with Crippen molar-refractivity contribution in [2.45, 2.75) is 33.2 Å². The number of nitrogens with zero attached hydrogens (tertiary/aromatic N) is 2. The van der Waals surface area contributed by atoms with Crippen molar-refractivity contribution in [3.8, 4) is 34.4 Å². The molecule has 0 aliphatic rings. The molecule has 0 bridgehead atoms. The summed E-state index contributed by atoms with van der Waals surface area (Å²) in [5, 5.41) is 9.61. The van der Waals surface area contributed by atoms with Gasteiger partial charge in [-0.3, -0.25) is 0 Å². The summed E-state index contributed by atoms with van der Waals surface area (Å²) >= 11 is 3.27. The van der Waals surface area contributed by atoms with Gasteiger partial charge >= 0.3 is 11.9 Å².